The lowest BCUT2D eigenvalue weighted by molar-refractivity contribution is 2.70. The molecule has 0 aliphatic carbocycles. The normalized spacial score (nSPS) is 3.25. The van der Waals surface area contributed by atoms with Gasteiger partial charge in [0, 0.05) is 0 Å². The molecule has 0 amide bonds. The summed E-state index contributed by atoms with van der Waals surface area (Å²) in [6.45, 7) is 3.23. The minimum Gasteiger partial charge on any atom is -0.152 e. The highest BCUT2D eigenvalue weighted by Crippen LogP contribution is 1.58. The lowest BCUT2D eigenvalue weighted by Crippen LogP contribution is -0.935. The number of rotatable bonds is 0. The third kappa shape index (κ3) is 31.4. The van der Waals surface area contributed by atoms with Crippen LogP contribution in [0.1, 0.15) is 0 Å². The van der Waals surface area contributed by atoms with Crippen molar-refractivity contribution >= 4 is 25.0 Å². The standard InChI is InChI=1S/C2H4S.ClH/c1-2-3;/h2-3H,1H2;1H. The van der Waals surface area contributed by atoms with E-state index in [9.17, 15) is 0 Å². The van der Waals surface area contributed by atoms with Gasteiger partial charge in [-0.05, 0) is 5.41 Å². The molecule has 4 heavy (non-hydrogen) atoms. The van der Waals surface area contributed by atoms with Crippen LogP contribution in [0.15, 0.2) is 12.0 Å². The van der Waals surface area contributed by atoms with E-state index in [2.05, 4.69) is 19.2 Å². The maximum absolute atomic E-state index is 3.55. The first-order chi connectivity index (χ1) is 1.41. The molecule has 0 heterocycles. The zero-order chi connectivity index (χ0) is 2.71. The molecular weight excluding hydrogens is 91.5 g/mol. The molecule has 0 aromatic heterocycles. The summed E-state index contributed by atoms with van der Waals surface area (Å²) in [5, 5.41) is 1.44. The van der Waals surface area contributed by atoms with Gasteiger partial charge in [0.1, 0.15) is 0 Å². The van der Waals surface area contributed by atoms with E-state index in [0.717, 1.165) is 0 Å². The Hall–Kier alpha value is 0.380. The molecule has 0 unspecified atom stereocenters. The Kier molecular flexibility index (Phi) is 22.2. The van der Waals surface area contributed by atoms with Crippen LogP contribution in [0, 0.1) is 0 Å². The predicted molar refractivity (Wildman–Crippen MR) is 26.4 cm³/mol. The van der Waals surface area contributed by atoms with Gasteiger partial charge in [0.2, 0.25) is 0 Å². The predicted octanol–water partition coefficient (Wildman–Crippen LogP) is 1.48. The van der Waals surface area contributed by atoms with E-state index < -0.39 is 0 Å². The average molecular weight is 96.6 g/mol. The molecule has 0 rings (SSSR count). The topological polar surface area (TPSA) is 0 Å². The van der Waals surface area contributed by atoms with Crippen LogP contribution in [0.4, 0.5) is 0 Å². The summed E-state index contributed by atoms with van der Waals surface area (Å²) in [4.78, 5) is 0. The molecule has 0 aromatic carbocycles. The lowest BCUT2D eigenvalue weighted by atomic mass is 11.3. The second-order valence-electron chi connectivity index (χ2n) is 0.183. The van der Waals surface area contributed by atoms with Gasteiger partial charge >= 0.3 is 0 Å². The summed E-state index contributed by atoms with van der Waals surface area (Å²) in [7, 11) is 0. The SMILES string of the molecule is C=CS.Cl. The summed E-state index contributed by atoms with van der Waals surface area (Å²) in [6, 6.07) is 0. The third-order valence-corrected chi connectivity index (χ3v) is 0. The Labute approximate surface area is 37.7 Å². The maximum Gasteiger partial charge on any atom is -0.0396 e. The molecule has 0 bridgehead atoms. The zero-order valence-corrected chi connectivity index (χ0v) is 3.85. The lowest BCUT2D eigenvalue weighted by Gasteiger charge is -1.31. The molecule has 2 heteroatoms. The van der Waals surface area contributed by atoms with Crippen LogP contribution in [0.2, 0.25) is 0 Å². The fourth-order valence-corrected chi connectivity index (χ4v) is 0. The molecule has 0 aromatic rings. The van der Waals surface area contributed by atoms with Gasteiger partial charge in [-0.3, -0.25) is 0 Å². The van der Waals surface area contributed by atoms with Gasteiger partial charge in [-0.25, -0.2) is 0 Å². The van der Waals surface area contributed by atoms with Gasteiger partial charge in [0.25, 0.3) is 0 Å². The molecule has 0 fully saturated rings. The Bertz CT molecular complexity index is 13.5. The molecule has 0 radical (unpaired) electrons. The summed E-state index contributed by atoms with van der Waals surface area (Å²) >= 11 is 3.55. The molecule has 26 valence electrons. The van der Waals surface area contributed by atoms with Crippen LogP contribution < -0.4 is 0 Å². The van der Waals surface area contributed by atoms with Gasteiger partial charge in [0.15, 0.2) is 0 Å². The Morgan fingerprint density at radius 2 is 1.75 bits per heavy atom. The highest BCUT2D eigenvalue weighted by atomic mass is 35.5. The average Bonchev–Trinajstić information content (AvgIpc) is 0.918. The van der Waals surface area contributed by atoms with Gasteiger partial charge in [0.05, 0.1) is 0 Å². The van der Waals surface area contributed by atoms with Crippen molar-refractivity contribution in [3.05, 3.63) is 12.0 Å². The van der Waals surface area contributed by atoms with Crippen LogP contribution in [-0.4, -0.2) is 0 Å². The van der Waals surface area contributed by atoms with Gasteiger partial charge in [-0.1, -0.05) is 6.58 Å². The van der Waals surface area contributed by atoms with Crippen molar-refractivity contribution in [3.8, 4) is 0 Å². The molecular formula is C2H5ClS. The van der Waals surface area contributed by atoms with Crippen molar-refractivity contribution in [2.75, 3.05) is 0 Å². The van der Waals surface area contributed by atoms with Crippen molar-refractivity contribution in [1.82, 2.24) is 0 Å². The third-order valence-electron chi connectivity index (χ3n) is 0. The largest absolute Gasteiger partial charge is 0.152 e. The molecule has 0 atom stereocenters. The van der Waals surface area contributed by atoms with Crippen LogP contribution in [0.3, 0.4) is 0 Å². The number of thiol groups is 1. The van der Waals surface area contributed by atoms with Crippen molar-refractivity contribution in [2.24, 2.45) is 0 Å². The number of halogens is 1. The smallest absolute Gasteiger partial charge is 0.0396 e. The monoisotopic (exact) mass is 96.0 g/mol. The van der Waals surface area contributed by atoms with Crippen molar-refractivity contribution in [1.29, 1.82) is 0 Å². The molecule has 0 nitrogen and oxygen atoms in total. The van der Waals surface area contributed by atoms with E-state index in [4.69, 9.17) is 0 Å². The fraction of sp³-hybridized carbons (Fsp3) is 0. The second-order valence-corrected chi connectivity index (χ2v) is 0.548. The molecule has 0 saturated carbocycles. The Morgan fingerprint density at radius 3 is 1.75 bits per heavy atom. The van der Waals surface area contributed by atoms with E-state index in [-0.39, 0.29) is 12.4 Å². The van der Waals surface area contributed by atoms with Crippen molar-refractivity contribution < 1.29 is 0 Å². The summed E-state index contributed by atoms with van der Waals surface area (Å²) < 4.78 is 0. The zero-order valence-electron chi connectivity index (χ0n) is 2.14. The van der Waals surface area contributed by atoms with E-state index >= 15 is 0 Å². The van der Waals surface area contributed by atoms with Crippen LogP contribution in [0.25, 0.3) is 0 Å². The number of hydrogen-bond donors (Lipinski definition) is 1. The van der Waals surface area contributed by atoms with E-state index in [0.29, 0.717) is 0 Å². The Morgan fingerprint density at radius 1 is 1.75 bits per heavy atom. The fourth-order valence-electron chi connectivity index (χ4n) is 0. The highest BCUT2D eigenvalue weighted by molar-refractivity contribution is 7.83. The van der Waals surface area contributed by atoms with Gasteiger partial charge in [-0.15, -0.1) is 12.4 Å². The minimum atomic E-state index is 0. The minimum absolute atomic E-state index is 0. The molecule has 0 aliphatic heterocycles. The van der Waals surface area contributed by atoms with Crippen LogP contribution in [0.5, 0.6) is 0 Å². The summed E-state index contributed by atoms with van der Waals surface area (Å²) in [6.07, 6.45) is 0. The van der Waals surface area contributed by atoms with Crippen molar-refractivity contribution in [3.63, 3.8) is 0 Å². The summed E-state index contributed by atoms with van der Waals surface area (Å²) in [5.41, 5.74) is 0. The van der Waals surface area contributed by atoms with Gasteiger partial charge < -0.3 is 0 Å². The van der Waals surface area contributed by atoms with Crippen molar-refractivity contribution in [2.45, 2.75) is 0 Å². The van der Waals surface area contributed by atoms with E-state index in [1.807, 2.05) is 0 Å². The first-order valence-corrected chi connectivity index (χ1v) is 1.18. The van der Waals surface area contributed by atoms with Crippen LogP contribution in [-0.2, 0) is 0 Å². The maximum atomic E-state index is 3.55. The molecule has 0 spiro atoms. The van der Waals surface area contributed by atoms with E-state index in [1.165, 1.54) is 5.41 Å². The van der Waals surface area contributed by atoms with Gasteiger partial charge in [-0.2, -0.15) is 12.6 Å². The molecule has 0 aliphatic rings. The summed E-state index contributed by atoms with van der Waals surface area (Å²) in [5.74, 6) is 0. The number of hydrogen-bond acceptors (Lipinski definition) is 1. The first-order valence-electron chi connectivity index (χ1n) is 0.666. The van der Waals surface area contributed by atoms with Crippen LogP contribution >= 0.6 is 25.0 Å². The van der Waals surface area contributed by atoms with E-state index in [1.54, 1.807) is 0 Å². The quantitative estimate of drug-likeness (QED) is 0.434. The Balaban J connectivity index is 0. The second kappa shape index (κ2) is 10.1. The first kappa shape index (κ1) is 8.83. The molecule has 0 saturated heterocycles. The highest BCUT2D eigenvalue weighted by Gasteiger charge is 1.14. The molecule has 0 N–H and O–H groups in total.